The highest BCUT2D eigenvalue weighted by Gasteiger charge is 2.26. The molecular formula is C18H24N2O3S. The molecule has 0 aliphatic carbocycles. The number of sulfone groups is 1. The van der Waals surface area contributed by atoms with Crippen LogP contribution in [0.3, 0.4) is 0 Å². The van der Waals surface area contributed by atoms with Crippen LogP contribution in [0.15, 0.2) is 46.2 Å². The molecule has 24 heavy (non-hydrogen) atoms. The van der Waals surface area contributed by atoms with Gasteiger partial charge in [-0.25, -0.2) is 8.42 Å². The number of methoxy groups -OCH3 is 1. The van der Waals surface area contributed by atoms with E-state index in [1.165, 1.54) is 19.2 Å². The van der Waals surface area contributed by atoms with Crippen molar-refractivity contribution in [3.05, 3.63) is 42.0 Å². The predicted molar refractivity (Wildman–Crippen MR) is 97.6 cm³/mol. The molecular weight excluding hydrogens is 324 g/mol. The second-order valence-corrected chi connectivity index (χ2v) is 7.39. The minimum Gasteiger partial charge on any atom is -0.495 e. The third kappa shape index (κ3) is 3.19. The first-order chi connectivity index (χ1) is 11.4. The van der Waals surface area contributed by atoms with Crippen LogP contribution in [0.1, 0.15) is 19.4 Å². The SMILES string of the molecule is CCN(CC)c1cccc(C)c1S(=O)(=O)c1ccc(OC)c(N)c1. The molecule has 0 amide bonds. The smallest absolute Gasteiger partial charge is 0.208 e. The monoisotopic (exact) mass is 348 g/mol. The maximum atomic E-state index is 13.2. The quantitative estimate of drug-likeness (QED) is 0.811. The summed E-state index contributed by atoms with van der Waals surface area (Å²) in [6.45, 7) is 7.29. The Balaban J connectivity index is 2.68. The van der Waals surface area contributed by atoms with Gasteiger partial charge in [-0.05, 0) is 50.6 Å². The lowest BCUT2D eigenvalue weighted by Gasteiger charge is -2.25. The van der Waals surface area contributed by atoms with E-state index in [2.05, 4.69) is 0 Å². The Hall–Kier alpha value is -2.21. The first-order valence-electron chi connectivity index (χ1n) is 7.89. The molecule has 0 aliphatic heterocycles. The number of anilines is 2. The van der Waals surface area contributed by atoms with Gasteiger partial charge in [0.1, 0.15) is 5.75 Å². The standard InChI is InChI=1S/C18H24N2O3S/c1-5-20(6-2)16-9-7-8-13(3)18(16)24(21,22)14-10-11-17(23-4)15(19)12-14/h7-12H,5-6,19H2,1-4H3. The second-order valence-electron chi connectivity index (χ2n) is 5.50. The summed E-state index contributed by atoms with van der Waals surface area (Å²) in [6, 6.07) is 10.1. The Morgan fingerprint density at radius 3 is 2.33 bits per heavy atom. The first-order valence-corrected chi connectivity index (χ1v) is 9.38. The topological polar surface area (TPSA) is 72.6 Å². The van der Waals surface area contributed by atoms with Gasteiger partial charge >= 0.3 is 0 Å². The fourth-order valence-corrected chi connectivity index (χ4v) is 4.53. The van der Waals surface area contributed by atoms with Crippen LogP contribution in [0.25, 0.3) is 0 Å². The summed E-state index contributed by atoms with van der Waals surface area (Å²) >= 11 is 0. The summed E-state index contributed by atoms with van der Waals surface area (Å²) < 4.78 is 31.6. The highest BCUT2D eigenvalue weighted by Crippen LogP contribution is 2.35. The molecule has 2 rings (SSSR count). The average Bonchev–Trinajstić information content (AvgIpc) is 2.55. The number of benzene rings is 2. The summed E-state index contributed by atoms with van der Waals surface area (Å²) in [5.74, 6) is 0.461. The minimum absolute atomic E-state index is 0.170. The maximum Gasteiger partial charge on any atom is 0.208 e. The van der Waals surface area contributed by atoms with Crippen molar-refractivity contribution in [2.75, 3.05) is 30.8 Å². The number of nitrogen functional groups attached to an aromatic ring is 1. The summed E-state index contributed by atoms with van der Waals surface area (Å²) in [7, 11) is -2.19. The fourth-order valence-electron chi connectivity index (χ4n) is 2.80. The van der Waals surface area contributed by atoms with Crippen LogP contribution in [0, 0.1) is 6.92 Å². The van der Waals surface area contributed by atoms with Crippen molar-refractivity contribution in [1.29, 1.82) is 0 Å². The van der Waals surface area contributed by atoms with Crippen molar-refractivity contribution in [3.63, 3.8) is 0 Å². The van der Waals surface area contributed by atoms with Crippen LogP contribution >= 0.6 is 0 Å². The Morgan fingerprint density at radius 2 is 1.79 bits per heavy atom. The van der Waals surface area contributed by atoms with Gasteiger partial charge in [0.05, 0.1) is 28.3 Å². The molecule has 130 valence electrons. The van der Waals surface area contributed by atoms with E-state index in [4.69, 9.17) is 10.5 Å². The van der Waals surface area contributed by atoms with Crippen molar-refractivity contribution in [1.82, 2.24) is 0 Å². The molecule has 0 atom stereocenters. The number of hydrogen-bond acceptors (Lipinski definition) is 5. The lowest BCUT2D eigenvalue weighted by Crippen LogP contribution is -2.24. The molecule has 0 aromatic heterocycles. The Kier molecular flexibility index (Phi) is 5.39. The van der Waals surface area contributed by atoms with Crippen molar-refractivity contribution in [2.24, 2.45) is 0 Å². The van der Waals surface area contributed by atoms with E-state index in [-0.39, 0.29) is 4.90 Å². The highest BCUT2D eigenvalue weighted by atomic mass is 32.2. The molecule has 0 radical (unpaired) electrons. The molecule has 0 fully saturated rings. The minimum atomic E-state index is -3.69. The van der Waals surface area contributed by atoms with Crippen LogP contribution in [0.2, 0.25) is 0 Å². The maximum absolute atomic E-state index is 13.2. The zero-order valence-corrected chi connectivity index (χ0v) is 15.4. The fraction of sp³-hybridized carbons (Fsp3) is 0.333. The number of nitrogens with two attached hydrogens (primary N) is 1. The summed E-state index contributed by atoms with van der Waals surface area (Å²) in [4.78, 5) is 2.54. The van der Waals surface area contributed by atoms with E-state index in [1.807, 2.05) is 43.9 Å². The lowest BCUT2D eigenvalue weighted by molar-refractivity contribution is 0.416. The molecule has 5 nitrogen and oxygen atoms in total. The zero-order chi connectivity index (χ0) is 17.9. The van der Waals surface area contributed by atoms with Crippen LogP contribution in [-0.4, -0.2) is 28.6 Å². The molecule has 0 aliphatic rings. The number of hydrogen-bond donors (Lipinski definition) is 1. The van der Waals surface area contributed by atoms with E-state index >= 15 is 0 Å². The van der Waals surface area contributed by atoms with Crippen molar-refractivity contribution in [3.8, 4) is 5.75 Å². The van der Waals surface area contributed by atoms with Gasteiger partial charge < -0.3 is 15.4 Å². The van der Waals surface area contributed by atoms with E-state index in [0.29, 0.717) is 21.9 Å². The Bertz CT molecular complexity index is 828. The predicted octanol–water partition coefficient (Wildman–Crippen LogP) is 3.26. The molecule has 0 spiro atoms. The zero-order valence-electron chi connectivity index (χ0n) is 14.5. The number of ether oxygens (including phenoxy) is 1. The van der Waals surface area contributed by atoms with Crippen molar-refractivity contribution < 1.29 is 13.2 Å². The third-order valence-electron chi connectivity index (χ3n) is 4.08. The molecule has 0 saturated carbocycles. The van der Waals surface area contributed by atoms with E-state index in [1.54, 1.807) is 6.07 Å². The molecule has 2 N–H and O–H groups in total. The molecule has 0 bridgehead atoms. The van der Waals surface area contributed by atoms with Gasteiger partial charge in [-0.1, -0.05) is 12.1 Å². The van der Waals surface area contributed by atoms with Crippen molar-refractivity contribution >= 4 is 21.2 Å². The molecule has 6 heteroatoms. The number of rotatable bonds is 6. The van der Waals surface area contributed by atoms with Gasteiger partial charge in [0.25, 0.3) is 0 Å². The van der Waals surface area contributed by atoms with Gasteiger partial charge in [0.15, 0.2) is 0 Å². The van der Waals surface area contributed by atoms with Gasteiger partial charge in [-0.3, -0.25) is 0 Å². The van der Waals surface area contributed by atoms with E-state index in [0.717, 1.165) is 18.8 Å². The molecule has 0 heterocycles. The number of aryl methyl sites for hydroxylation is 1. The first kappa shape index (κ1) is 18.1. The van der Waals surface area contributed by atoms with Gasteiger partial charge in [0, 0.05) is 13.1 Å². The van der Waals surface area contributed by atoms with E-state index < -0.39 is 9.84 Å². The Morgan fingerprint density at radius 1 is 1.12 bits per heavy atom. The van der Waals surface area contributed by atoms with Crippen LogP contribution < -0.4 is 15.4 Å². The van der Waals surface area contributed by atoms with Gasteiger partial charge in [-0.15, -0.1) is 0 Å². The average molecular weight is 348 g/mol. The molecule has 2 aromatic carbocycles. The van der Waals surface area contributed by atoms with Gasteiger partial charge in [0.2, 0.25) is 9.84 Å². The van der Waals surface area contributed by atoms with Crippen LogP contribution in [0.5, 0.6) is 5.75 Å². The largest absolute Gasteiger partial charge is 0.495 e. The lowest BCUT2D eigenvalue weighted by atomic mass is 10.2. The second kappa shape index (κ2) is 7.13. The Labute approximate surface area is 144 Å². The summed E-state index contributed by atoms with van der Waals surface area (Å²) in [5, 5.41) is 0. The van der Waals surface area contributed by atoms with E-state index in [9.17, 15) is 8.42 Å². The van der Waals surface area contributed by atoms with Crippen LogP contribution in [-0.2, 0) is 9.84 Å². The molecule has 0 unspecified atom stereocenters. The highest BCUT2D eigenvalue weighted by molar-refractivity contribution is 7.91. The summed E-state index contributed by atoms with van der Waals surface area (Å²) in [6.07, 6.45) is 0. The normalized spacial score (nSPS) is 11.3. The number of nitrogens with zero attached hydrogens (tertiary/aromatic N) is 1. The van der Waals surface area contributed by atoms with Crippen LogP contribution in [0.4, 0.5) is 11.4 Å². The molecule has 2 aromatic rings. The molecule has 0 saturated heterocycles. The third-order valence-corrected chi connectivity index (χ3v) is 6.02. The van der Waals surface area contributed by atoms with Crippen molar-refractivity contribution in [2.45, 2.75) is 30.6 Å². The summed E-state index contributed by atoms with van der Waals surface area (Å²) in [5.41, 5.74) is 7.63. The van der Waals surface area contributed by atoms with Gasteiger partial charge in [-0.2, -0.15) is 0 Å².